The molecule has 0 aliphatic rings. The van der Waals surface area contributed by atoms with Crippen molar-refractivity contribution in [1.29, 1.82) is 0 Å². The monoisotopic (exact) mass is 275 g/mol. The van der Waals surface area contributed by atoms with Gasteiger partial charge in [0.25, 0.3) is 0 Å². The number of aryl methyl sites for hydroxylation is 1. The van der Waals surface area contributed by atoms with Crippen molar-refractivity contribution in [1.82, 2.24) is 10.3 Å². The van der Waals surface area contributed by atoms with Crippen LogP contribution in [0.5, 0.6) is 0 Å². The van der Waals surface area contributed by atoms with Crippen LogP contribution in [0.4, 0.5) is 10.8 Å². The molecule has 0 saturated heterocycles. The molecule has 0 aliphatic carbocycles. The molecule has 0 fully saturated rings. The molecule has 0 saturated carbocycles. The Balaban J connectivity index is 2.18. The summed E-state index contributed by atoms with van der Waals surface area (Å²) in [5, 5.41) is 6.36. The highest BCUT2D eigenvalue weighted by molar-refractivity contribution is 7.13. The van der Waals surface area contributed by atoms with Crippen LogP contribution in [0.15, 0.2) is 29.6 Å². The molecule has 1 atom stereocenters. The number of benzene rings is 1. The molecular weight excluding hydrogens is 254 g/mol. The Morgan fingerprint density at radius 3 is 2.58 bits per heavy atom. The van der Waals surface area contributed by atoms with E-state index in [-0.39, 0.29) is 0 Å². The van der Waals surface area contributed by atoms with Crippen LogP contribution in [0.2, 0.25) is 0 Å². The second-order valence-corrected chi connectivity index (χ2v) is 5.48. The van der Waals surface area contributed by atoms with Gasteiger partial charge in [0.2, 0.25) is 0 Å². The smallest absolute Gasteiger partial charge is 0.189 e. The fourth-order valence-electron chi connectivity index (χ4n) is 1.84. The molecular formula is C15H21N3S. The summed E-state index contributed by atoms with van der Waals surface area (Å²) in [5.74, 6) is 0. The fraction of sp³-hybridized carbons (Fsp3) is 0.400. The quantitative estimate of drug-likeness (QED) is 0.900. The first-order valence-electron chi connectivity index (χ1n) is 6.61. The minimum Gasteiger partial charge on any atom is -0.321 e. The van der Waals surface area contributed by atoms with E-state index in [1.165, 1.54) is 11.3 Å². The van der Waals surface area contributed by atoms with Gasteiger partial charge in [-0.2, -0.15) is 0 Å². The predicted octanol–water partition coefficient (Wildman–Crippen LogP) is 3.75. The Labute approximate surface area is 119 Å². The van der Waals surface area contributed by atoms with E-state index in [4.69, 9.17) is 0 Å². The maximum absolute atomic E-state index is 4.68. The van der Waals surface area contributed by atoms with Crippen molar-refractivity contribution in [3.8, 4) is 0 Å². The number of aromatic nitrogens is 1. The van der Waals surface area contributed by atoms with Gasteiger partial charge in [-0.3, -0.25) is 0 Å². The Bertz CT molecular complexity index is 518. The molecule has 1 heterocycles. The molecule has 2 aromatic rings. The lowest BCUT2D eigenvalue weighted by atomic mass is 10.1. The van der Waals surface area contributed by atoms with Gasteiger partial charge in [0, 0.05) is 24.2 Å². The van der Waals surface area contributed by atoms with E-state index in [2.05, 4.69) is 65.7 Å². The van der Waals surface area contributed by atoms with Gasteiger partial charge >= 0.3 is 0 Å². The summed E-state index contributed by atoms with van der Waals surface area (Å²) in [6.45, 7) is 4.29. The Kier molecular flexibility index (Phi) is 4.56. The van der Waals surface area contributed by atoms with Gasteiger partial charge in [0.1, 0.15) is 0 Å². The molecule has 1 unspecified atom stereocenters. The van der Waals surface area contributed by atoms with Crippen LogP contribution < -0.4 is 10.2 Å². The SMILES string of the molecule is CCc1ccc(N(C)c2nc(C(C)NC)cs2)cc1. The van der Waals surface area contributed by atoms with Crippen LogP contribution in [-0.4, -0.2) is 19.1 Å². The van der Waals surface area contributed by atoms with Crippen LogP contribution in [0.1, 0.15) is 31.1 Å². The molecule has 0 amide bonds. The summed E-state index contributed by atoms with van der Waals surface area (Å²) in [6.07, 6.45) is 1.07. The lowest BCUT2D eigenvalue weighted by Gasteiger charge is -2.16. The fourth-order valence-corrected chi connectivity index (χ4v) is 2.75. The molecule has 1 N–H and O–H groups in total. The highest BCUT2D eigenvalue weighted by Gasteiger charge is 2.12. The number of rotatable bonds is 5. The number of hydrogen-bond acceptors (Lipinski definition) is 4. The summed E-state index contributed by atoms with van der Waals surface area (Å²) >= 11 is 1.68. The van der Waals surface area contributed by atoms with Crippen molar-refractivity contribution in [2.75, 3.05) is 19.0 Å². The molecule has 102 valence electrons. The Morgan fingerprint density at radius 1 is 1.32 bits per heavy atom. The average Bonchev–Trinajstić information content (AvgIpc) is 2.95. The van der Waals surface area contributed by atoms with E-state index >= 15 is 0 Å². The zero-order chi connectivity index (χ0) is 13.8. The summed E-state index contributed by atoms with van der Waals surface area (Å²) in [4.78, 5) is 6.82. The highest BCUT2D eigenvalue weighted by atomic mass is 32.1. The third-order valence-corrected chi connectivity index (χ3v) is 4.34. The van der Waals surface area contributed by atoms with Gasteiger partial charge in [-0.25, -0.2) is 4.98 Å². The van der Waals surface area contributed by atoms with Crippen molar-refractivity contribution >= 4 is 22.2 Å². The van der Waals surface area contributed by atoms with Gasteiger partial charge in [-0.15, -0.1) is 11.3 Å². The summed E-state index contributed by atoms with van der Waals surface area (Å²) in [5.41, 5.74) is 3.63. The molecule has 0 bridgehead atoms. The second kappa shape index (κ2) is 6.17. The molecule has 0 aliphatic heterocycles. The van der Waals surface area contributed by atoms with Crippen LogP contribution in [0, 0.1) is 0 Å². The predicted molar refractivity (Wildman–Crippen MR) is 83.5 cm³/mol. The number of anilines is 2. The third-order valence-electron chi connectivity index (χ3n) is 3.41. The van der Waals surface area contributed by atoms with Crippen LogP contribution in [-0.2, 0) is 6.42 Å². The van der Waals surface area contributed by atoms with E-state index in [9.17, 15) is 0 Å². The number of nitrogens with one attached hydrogen (secondary N) is 1. The van der Waals surface area contributed by atoms with Gasteiger partial charge in [0.15, 0.2) is 5.13 Å². The first kappa shape index (κ1) is 14.0. The molecule has 4 heteroatoms. The zero-order valence-corrected chi connectivity index (χ0v) is 12.8. The molecule has 1 aromatic carbocycles. The van der Waals surface area contributed by atoms with Gasteiger partial charge in [-0.05, 0) is 38.1 Å². The average molecular weight is 275 g/mol. The van der Waals surface area contributed by atoms with E-state index in [1.807, 2.05) is 7.05 Å². The topological polar surface area (TPSA) is 28.2 Å². The van der Waals surface area contributed by atoms with Crippen molar-refractivity contribution in [3.63, 3.8) is 0 Å². The first-order chi connectivity index (χ1) is 9.15. The first-order valence-corrected chi connectivity index (χ1v) is 7.49. The van der Waals surface area contributed by atoms with Crippen LogP contribution in [0.3, 0.4) is 0 Å². The maximum atomic E-state index is 4.68. The third kappa shape index (κ3) is 3.14. The lowest BCUT2D eigenvalue weighted by molar-refractivity contribution is 0.637. The van der Waals surface area contributed by atoms with Crippen molar-refractivity contribution < 1.29 is 0 Å². The largest absolute Gasteiger partial charge is 0.321 e. The van der Waals surface area contributed by atoms with Crippen molar-refractivity contribution in [3.05, 3.63) is 40.9 Å². The maximum Gasteiger partial charge on any atom is 0.189 e. The number of hydrogen-bond donors (Lipinski definition) is 1. The van der Waals surface area contributed by atoms with Gasteiger partial charge in [-0.1, -0.05) is 19.1 Å². The standard InChI is InChI=1S/C15H21N3S/c1-5-12-6-8-13(9-7-12)18(4)15-17-14(10-19-15)11(2)16-3/h6-11,16H,5H2,1-4H3. The second-order valence-electron chi connectivity index (χ2n) is 4.64. The molecule has 3 nitrogen and oxygen atoms in total. The molecule has 2 rings (SSSR count). The summed E-state index contributed by atoms with van der Waals surface area (Å²) < 4.78 is 0. The Morgan fingerprint density at radius 2 is 2.00 bits per heavy atom. The normalized spacial score (nSPS) is 12.4. The molecule has 0 spiro atoms. The molecule has 0 radical (unpaired) electrons. The minimum absolute atomic E-state index is 0.292. The molecule has 1 aromatic heterocycles. The van der Waals surface area contributed by atoms with E-state index in [0.717, 1.165) is 17.2 Å². The lowest BCUT2D eigenvalue weighted by Crippen LogP contribution is -2.14. The van der Waals surface area contributed by atoms with Crippen LogP contribution in [0.25, 0.3) is 0 Å². The minimum atomic E-state index is 0.292. The number of thiazole rings is 1. The zero-order valence-electron chi connectivity index (χ0n) is 12.0. The Hall–Kier alpha value is -1.39. The van der Waals surface area contributed by atoms with Crippen LogP contribution >= 0.6 is 11.3 Å². The highest BCUT2D eigenvalue weighted by Crippen LogP contribution is 2.28. The van der Waals surface area contributed by atoms with E-state index < -0.39 is 0 Å². The molecule has 19 heavy (non-hydrogen) atoms. The van der Waals surface area contributed by atoms with Gasteiger partial charge in [0.05, 0.1) is 5.69 Å². The summed E-state index contributed by atoms with van der Waals surface area (Å²) in [7, 11) is 4.02. The van der Waals surface area contributed by atoms with Crippen molar-refractivity contribution in [2.24, 2.45) is 0 Å². The number of nitrogens with zero attached hydrogens (tertiary/aromatic N) is 2. The van der Waals surface area contributed by atoms with Crippen molar-refractivity contribution in [2.45, 2.75) is 26.3 Å². The van der Waals surface area contributed by atoms with Gasteiger partial charge < -0.3 is 10.2 Å². The van der Waals surface area contributed by atoms with E-state index in [1.54, 1.807) is 11.3 Å². The summed E-state index contributed by atoms with van der Waals surface area (Å²) in [6, 6.07) is 8.96. The van der Waals surface area contributed by atoms with E-state index in [0.29, 0.717) is 6.04 Å².